The molecule has 0 radical (unpaired) electrons. The average Bonchev–Trinajstić information content (AvgIpc) is 2.85. The first-order chi connectivity index (χ1) is 9.69. The zero-order valence-corrected chi connectivity index (χ0v) is 13.9. The van der Waals surface area contributed by atoms with E-state index < -0.39 is 0 Å². The third kappa shape index (κ3) is 5.01. The van der Waals surface area contributed by atoms with Crippen LogP contribution >= 0.6 is 0 Å². The van der Waals surface area contributed by atoms with Crippen LogP contribution in [0.1, 0.15) is 46.5 Å². The second-order valence-electron chi connectivity index (χ2n) is 7.25. The lowest BCUT2D eigenvalue weighted by Crippen LogP contribution is -2.50. The van der Waals surface area contributed by atoms with E-state index in [-0.39, 0.29) is 0 Å². The van der Waals surface area contributed by atoms with Crippen molar-refractivity contribution < 1.29 is 0 Å². The normalized spacial score (nSPS) is 29.4. The molecule has 20 heavy (non-hydrogen) atoms. The van der Waals surface area contributed by atoms with Crippen molar-refractivity contribution in [1.82, 2.24) is 15.1 Å². The van der Waals surface area contributed by atoms with Crippen molar-refractivity contribution in [1.29, 1.82) is 0 Å². The zero-order chi connectivity index (χ0) is 14.4. The van der Waals surface area contributed by atoms with Gasteiger partial charge in [0.15, 0.2) is 0 Å². The van der Waals surface area contributed by atoms with Crippen LogP contribution in [0.4, 0.5) is 0 Å². The molecule has 2 aliphatic rings. The maximum absolute atomic E-state index is 3.77. The minimum atomic E-state index is 0.795. The molecule has 118 valence electrons. The molecule has 2 atom stereocenters. The van der Waals surface area contributed by atoms with Crippen molar-refractivity contribution in [3.63, 3.8) is 0 Å². The standard InChI is InChI=1S/C17H35N3/c1-4-8-18-17-7-5-6-16(17)14-20-11-9-19(10-12-20)13-15(2)3/h15-18H,4-14H2,1-3H3. The molecule has 3 heteroatoms. The first-order valence-corrected chi connectivity index (χ1v) is 8.87. The van der Waals surface area contributed by atoms with Gasteiger partial charge >= 0.3 is 0 Å². The summed E-state index contributed by atoms with van der Waals surface area (Å²) >= 11 is 0. The number of hydrogen-bond acceptors (Lipinski definition) is 3. The summed E-state index contributed by atoms with van der Waals surface area (Å²) < 4.78 is 0. The molecule has 0 aromatic heterocycles. The molecular formula is C17H35N3. The minimum absolute atomic E-state index is 0.795. The molecule has 1 N–H and O–H groups in total. The van der Waals surface area contributed by atoms with Crippen LogP contribution in [-0.2, 0) is 0 Å². The van der Waals surface area contributed by atoms with Crippen LogP contribution in [0.5, 0.6) is 0 Å². The topological polar surface area (TPSA) is 18.5 Å². The van der Waals surface area contributed by atoms with Crippen LogP contribution in [0.25, 0.3) is 0 Å². The Balaban J connectivity index is 1.69. The molecular weight excluding hydrogens is 246 g/mol. The molecule has 1 heterocycles. The van der Waals surface area contributed by atoms with Gasteiger partial charge in [-0.2, -0.15) is 0 Å². The highest BCUT2D eigenvalue weighted by Gasteiger charge is 2.29. The van der Waals surface area contributed by atoms with E-state index in [0.717, 1.165) is 17.9 Å². The number of rotatable bonds is 7. The molecule has 2 unspecified atom stereocenters. The van der Waals surface area contributed by atoms with Crippen LogP contribution in [-0.4, -0.2) is 61.7 Å². The van der Waals surface area contributed by atoms with Crippen molar-refractivity contribution in [2.24, 2.45) is 11.8 Å². The Hall–Kier alpha value is -0.120. The first kappa shape index (κ1) is 16.3. The predicted molar refractivity (Wildman–Crippen MR) is 87.1 cm³/mol. The summed E-state index contributed by atoms with van der Waals surface area (Å²) in [6.07, 6.45) is 5.53. The molecule has 1 aliphatic carbocycles. The van der Waals surface area contributed by atoms with Gasteiger partial charge in [0.05, 0.1) is 0 Å². The molecule has 2 fully saturated rings. The zero-order valence-electron chi connectivity index (χ0n) is 13.9. The summed E-state index contributed by atoms with van der Waals surface area (Å²) in [5.74, 6) is 1.71. The summed E-state index contributed by atoms with van der Waals surface area (Å²) in [5, 5.41) is 3.77. The fraction of sp³-hybridized carbons (Fsp3) is 1.00. The van der Waals surface area contributed by atoms with E-state index in [1.807, 2.05) is 0 Å². The Bertz CT molecular complexity index is 259. The molecule has 0 amide bonds. The van der Waals surface area contributed by atoms with E-state index in [4.69, 9.17) is 0 Å². The molecule has 1 saturated heterocycles. The third-order valence-corrected chi connectivity index (χ3v) is 4.90. The van der Waals surface area contributed by atoms with Crippen LogP contribution in [0.3, 0.4) is 0 Å². The molecule has 2 rings (SSSR count). The quantitative estimate of drug-likeness (QED) is 0.773. The highest BCUT2D eigenvalue weighted by Crippen LogP contribution is 2.27. The summed E-state index contributed by atoms with van der Waals surface area (Å²) in [4.78, 5) is 5.36. The van der Waals surface area contributed by atoms with Gasteiger partial charge in [-0.3, -0.25) is 0 Å². The van der Waals surface area contributed by atoms with Crippen molar-refractivity contribution >= 4 is 0 Å². The van der Waals surface area contributed by atoms with Gasteiger partial charge in [0.2, 0.25) is 0 Å². The SMILES string of the molecule is CCCNC1CCCC1CN1CCN(CC(C)C)CC1. The van der Waals surface area contributed by atoms with Gasteiger partial charge in [-0.25, -0.2) is 0 Å². The van der Waals surface area contributed by atoms with E-state index in [9.17, 15) is 0 Å². The van der Waals surface area contributed by atoms with E-state index in [1.54, 1.807) is 0 Å². The van der Waals surface area contributed by atoms with Gasteiger partial charge in [0, 0.05) is 45.3 Å². The molecule has 1 saturated carbocycles. The third-order valence-electron chi connectivity index (χ3n) is 4.90. The fourth-order valence-electron chi connectivity index (χ4n) is 3.86. The Labute approximate surface area is 126 Å². The van der Waals surface area contributed by atoms with Crippen molar-refractivity contribution in [2.45, 2.75) is 52.5 Å². The minimum Gasteiger partial charge on any atom is -0.314 e. The second-order valence-corrected chi connectivity index (χ2v) is 7.25. The Morgan fingerprint density at radius 3 is 2.40 bits per heavy atom. The van der Waals surface area contributed by atoms with Gasteiger partial charge in [0.25, 0.3) is 0 Å². The summed E-state index contributed by atoms with van der Waals surface area (Å²) in [5.41, 5.74) is 0. The Morgan fingerprint density at radius 2 is 1.75 bits per heavy atom. The predicted octanol–water partition coefficient (Wildman–Crippen LogP) is 2.43. The lowest BCUT2D eigenvalue weighted by molar-refractivity contribution is 0.105. The number of piperazine rings is 1. The molecule has 1 aliphatic heterocycles. The largest absolute Gasteiger partial charge is 0.314 e. The summed E-state index contributed by atoms with van der Waals surface area (Å²) in [7, 11) is 0. The summed E-state index contributed by atoms with van der Waals surface area (Å²) in [6.45, 7) is 15.8. The molecule has 3 nitrogen and oxygen atoms in total. The monoisotopic (exact) mass is 281 g/mol. The Kier molecular flexibility index (Phi) is 6.79. The Morgan fingerprint density at radius 1 is 1.05 bits per heavy atom. The van der Waals surface area contributed by atoms with Gasteiger partial charge in [-0.05, 0) is 37.6 Å². The van der Waals surface area contributed by atoms with E-state index in [0.29, 0.717) is 0 Å². The van der Waals surface area contributed by atoms with E-state index >= 15 is 0 Å². The highest BCUT2D eigenvalue weighted by atomic mass is 15.3. The molecule has 0 aromatic carbocycles. The second kappa shape index (κ2) is 8.35. The van der Waals surface area contributed by atoms with Gasteiger partial charge in [-0.15, -0.1) is 0 Å². The van der Waals surface area contributed by atoms with Gasteiger partial charge in [0.1, 0.15) is 0 Å². The first-order valence-electron chi connectivity index (χ1n) is 8.87. The van der Waals surface area contributed by atoms with E-state index in [2.05, 4.69) is 35.9 Å². The number of nitrogens with one attached hydrogen (secondary N) is 1. The van der Waals surface area contributed by atoms with Gasteiger partial charge < -0.3 is 15.1 Å². The molecule has 0 spiro atoms. The fourth-order valence-corrected chi connectivity index (χ4v) is 3.86. The van der Waals surface area contributed by atoms with E-state index in [1.165, 1.54) is 71.5 Å². The van der Waals surface area contributed by atoms with Crippen molar-refractivity contribution in [2.75, 3.05) is 45.8 Å². The molecule has 0 aromatic rings. The smallest absolute Gasteiger partial charge is 0.0110 e. The lowest BCUT2D eigenvalue weighted by atomic mass is 10.0. The maximum Gasteiger partial charge on any atom is 0.0110 e. The molecule has 0 bridgehead atoms. The summed E-state index contributed by atoms with van der Waals surface area (Å²) in [6, 6.07) is 0.795. The van der Waals surface area contributed by atoms with Crippen molar-refractivity contribution in [3.05, 3.63) is 0 Å². The lowest BCUT2D eigenvalue weighted by Gasteiger charge is -2.37. The van der Waals surface area contributed by atoms with Gasteiger partial charge in [-0.1, -0.05) is 27.2 Å². The van der Waals surface area contributed by atoms with Crippen LogP contribution in [0.15, 0.2) is 0 Å². The van der Waals surface area contributed by atoms with Crippen LogP contribution in [0.2, 0.25) is 0 Å². The maximum atomic E-state index is 3.77. The highest BCUT2D eigenvalue weighted by molar-refractivity contribution is 4.86. The number of nitrogens with zero attached hydrogens (tertiary/aromatic N) is 2. The van der Waals surface area contributed by atoms with Crippen molar-refractivity contribution in [3.8, 4) is 0 Å². The van der Waals surface area contributed by atoms with Crippen LogP contribution in [0, 0.1) is 11.8 Å². The van der Waals surface area contributed by atoms with Crippen LogP contribution < -0.4 is 5.32 Å². The number of hydrogen-bond donors (Lipinski definition) is 1. The average molecular weight is 281 g/mol.